The zero-order chi connectivity index (χ0) is 19.7. The minimum absolute atomic E-state index is 0.0968. The van der Waals surface area contributed by atoms with Gasteiger partial charge < -0.3 is 10.4 Å². The summed E-state index contributed by atoms with van der Waals surface area (Å²) >= 11 is 6.00. The number of anilines is 2. The van der Waals surface area contributed by atoms with Crippen LogP contribution in [0.5, 0.6) is 5.75 Å². The first-order chi connectivity index (χ1) is 13.5. The molecule has 2 aromatic rings. The van der Waals surface area contributed by atoms with Crippen molar-refractivity contribution in [2.75, 3.05) is 23.3 Å². The zero-order valence-corrected chi connectivity index (χ0v) is 15.5. The monoisotopic (exact) mass is 396 g/mol. The molecule has 2 aliphatic heterocycles. The third-order valence-electron chi connectivity index (χ3n) is 4.75. The number of halogens is 1. The third kappa shape index (κ3) is 2.99. The molecule has 1 atom stereocenters. The molecule has 0 saturated carbocycles. The Morgan fingerprint density at radius 1 is 1.25 bits per heavy atom. The van der Waals surface area contributed by atoms with Crippen LogP contribution in [0.25, 0.3) is 0 Å². The van der Waals surface area contributed by atoms with Crippen LogP contribution in [-0.4, -0.2) is 36.3 Å². The first-order valence-corrected chi connectivity index (χ1v) is 9.07. The van der Waals surface area contributed by atoms with Gasteiger partial charge in [-0.2, -0.15) is 0 Å². The van der Waals surface area contributed by atoms with Crippen LogP contribution in [0.3, 0.4) is 0 Å². The average molecular weight is 397 g/mol. The van der Waals surface area contributed by atoms with E-state index in [1.165, 1.54) is 23.2 Å². The fraction of sp³-hybridized carbons (Fsp3) is 0.150. The lowest BCUT2D eigenvalue weighted by molar-refractivity contribution is -0.123. The predicted molar refractivity (Wildman–Crippen MR) is 108 cm³/mol. The molecule has 0 radical (unpaired) electrons. The van der Waals surface area contributed by atoms with Gasteiger partial charge >= 0.3 is 6.03 Å². The predicted octanol–water partition coefficient (Wildman–Crippen LogP) is 3.05. The Balaban J connectivity index is 1.61. The maximum atomic E-state index is 13.1. The number of urea groups is 1. The van der Waals surface area contributed by atoms with Crippen molar-refractivity contribution >= 4 is 41.1 Å². The van der Waals surface area contributed by atoms with Crippen LogP contribution in [0.2, 0.25) is 5.02 Å². The Kier molecular flexibility index (Phi) is 4.52. The number of allylic oxidation sites excluding steroid dienone is 1. The number of imide groups is 1. The molecule has 3 N–H and O–H groups in total. The van der Waals surface area contributed by atoms with Crippen LogP contribution in [-0.2, 0) is 10.3 Å². The Morgan fingerprint density at radius 3 is 2.82 bits per heavy atom. The number of hydrogen-bond acceptors (Lipinski definition) is 5. The number of nitrogens with one attached hydrogen (secondary N) is 2. The number of phenols is 1. The van der Waals surface area contributed by atoms with Gasteiger partial charge in [-0.15, -0.1) is 0 Å². The van der Waals surface area contributed by atoms with Crippen LogP contribution in [0, 0.1) is 0 Å². The van der Waals surface area contributed by atoms with E-state index in [1.54, 1.807) is 18.2 Å². The van der Waals surface area contributed by atoms with Gasteiger partial charge in [-0.05, 0) is 42.0 Å². The van der Waals surface area contributed by atoms with Crippen LogP contribution in [0.4, 0.5) is 16.2 Å². The van der Waals surface area contributed by atoms with Gasteiger partial charge in [-0.3, -0.25) is 20.0 Å². The molecule has 0 spiro atoms. The largest absolute Gasteiger partial charge is 0.506 e. The van der Waals surface area contributed by atoms with Crippen molar-refractivity contribution in [3.05, 3.63) is 65.2 Å². The van der Waals surface area contributed by atoms with Gasteiger partial charge in [0.2, 0.25) is 0 Å². The van der Waals surface area contributed by atoms with Gasteiger partial charge in [0, 0.05) is 19.3 Å². The molecule has 7 nitrogen and oxygen atoms in total. The van der Waals surface area contributed by atoms with Crippen LogP contribution in [0.15, 0.2) is 59.6 Å². The van der Waals surface area contributed by atoms with Crippen LogP contribution >= 0.6 is 11.6 Å². The summed E-state index contributed by atoms with van der Waals surface area (Å²) in [6.07, 6.45) is 4.71. The van der Waals surface area contributed by atoms with Crippen LogP contribution in [0.1, 0.15) is 5.56 Å². The summed E-state index contributed by atoms with van der Waals surface area (Å²) in [6, 6.07) is 11.3. The smallest absolute Gasteiger partial charge is 0.328 e. The van der Waals surface area contributed by atoms with E-state index in [-0.39, 0.29) is 10.8 Å². The highest BCUT2D eigenvalue weighted by Crippen LogP contribution is 2.35. The molecule has 0 saturated heterocycles. The van der Waals surface area contributed by atoms with Crippen molar-refractivity contribution in [3.63, 3.8) is 0 Å². The molecule has 0 fully saturated rings. The van der Waals surface area contributed by atoms with E-state index in [1.807, 2.05) is 24.3 Å². The lowest BCUT2D eigenvalue weighted by atomic mass is 9.90. The molecule has 8 heteroatoms. The molecule has 0 bridgehead atoms. The highest BCUT2D eigenvalue weighted by Gasteiger charge is 2.41. The van der Waals surface area contributed by atoms with Gasteiger partial charge in [0.25, 0.3) is 5.91 Å². The minimum atomic E-state index is -1.42. The van der Waals surface area contributed by atoms with E-state index < -0.39 is 17.5 Å². The summed E-state index contributed by atoms with van der Waals surface area (Å²) < 4.78 is 0. The van der Waals surface area contributed by atoms with Gasteiger partial charge in [0.05, 0.1) is 16.4 Å². The molecular formula is C20H17ClN4O3. The lowest BCUT2D eigenvalue weighted by Crippen LogP contribution is -2.51. The van der Waals surface area contributed by atoms with Crippen molar-refractivity contribution in [1.82, 2.24) is 5.32 Å². The summed E-state index contributed by atoms with van der Waals surface area (Å²) in [5, 5.41) is 15.4. The van der Waals surface area contributed by atoms with Gasteiger partial charge in [0.15, 0.2) is 5.54 Å². The number of aliphatic imine (C=N–C) groups is 1. The number of hydrogen-bond donors (Lipinski definition) is 3. The molecule has 2 heterocycles. The number of carbonyl (C=O) groups excluding carboxylic acids is 2. The highest BCUT2D eigenvalue weighted by atomic mass is 35.5. The van der Waals surface area contributed by atoms with Gasteiger partial charge in [-0.1, -0.05) is 29.8 Å². The molecule has 0 aromatic heterocycles. The van der Waals surface area contributed by atoms with E-state index >= 15 is 0 Å². The fourth-order valence-electron chi connectivity index (χ4n) is 3.32. The molecule has 4 rings (SSSR count). The standard InChI is InChI=1S/C20H17ClN4O3/c21-14-12-13(6-7-17(14)26)20(8-3-9-23-20)18(27)24-19(28)25-11-10-22-15-4-1-2-5-16(15)25/h1-9,12,22,26H,10-11H2,(H,24,27,28). The summed E-state index contributed by atoms with van der Waals surface area (Å²) in [7, 11) is 0. The first kappa shape index (κ1) is 18.1. The van der Waals surface area contributed by atoms with E-state index in [2.05, 4.69) is 15.6 Å². The molecule has 142 valence electrons. The molecule has 3 amide bonds. The molecule has 28 heavy (non-hydrogen) atoms. The maximum absolute atomic E-state index is 13.1. The lowest BCUT2D eigenvalue weighted by Gasteiger charge is -2.31. The first-order valence-electron chi connectivity index (χ1n) is 8.69. The molecular weight excluding hydrogens is 380 g/mol. The second kappa shape index (κ2) is 7.01. The molecule has 1 unspecified atom stereocenters. The zero-order valence-electron chi connectivity index (χ0n) is 14.7. The van der Waals surface area contributed by atoms with Crippen LogP contribution < -0.4 is 15.5 Å². The van der Waals surface area contributed by atoms with Gasteiger partial charge in [-0.25, -0.2) is 4.79 Å². The van der Waals surface area contributed by atoms with E-state index in [4.69, 9.17) is 11.6 Å². The second-order valence-corrected chi connectivity index (χ2v) is 6.83. The average Bonchev–Trinajstić information content (AvgIpc) is 3.21. The fourth-order valence-corrected chi connectivity index (χ4v) is 3.50. The van der Waals surface area contributed by atoms with Gasteiger partial charge in [0.1, 0.15) is 5.75 Å². The number of rotatable bonds is 2. The molecule has 0 aliphatic carbocycles. The summed E-state index contributed by atoms with van der Waals surface area (Å²) in [4.78, 5) is 31.7. The maximum Gasteiger partial charge on any atom is 0.328 e. The number of para-hydroxylation sites is 2. The number of fused-ring (bicyclic) bond motifs is 1. The SMILES string of the molecule is O=C(NC(=O)C1(c2ccc(O)c(Cl)c2)C=CC=N1)N1CCNc2ccccc21. The number of aromatic hydroxyl groups is 1. The molecule has 2 aliphatic rings. The number of benzene rings is 2. The number of nitrogens with zero attached hydrogens (tertiary/aromatic N) is 2. The number of phenolic OH excluding ortho intramolecular Hbond substituents is 1. The van der Waals surface area contributed by atoms with E-state index in [9.17, 15) is 14.7 Å². The third-order valence-corrected chi connectivity index (χ3v) is 5.05. The Labute approximate surface area is 166 Å². The Hall–Kier alpha value is -3.32. The topological polar surface area (TPSA) is 94.0 Å². The number of amides is 3. The van der Waals surface area contributed by atoms with E-state index in [0.717, 1.165) is 5.69 Å². The Bertz CT molecular complexity index is 1010. The van der Waals surface area contributed by atoms with Crippen molar-refractivity contribution in [3.8, 4) is 5.75 Å². The van der Waals surface area contributed by atoms with E-state index in [0.29, 0.717) is 24.3 Å². The summed E-state index contributed by atoms with van der Waals surface area (Å²) in [5.74, 6) is -0.694. The number of carbonyl (C=O) groups is 2. The summed E-state index contributed by atoms with van der Waals surface area (Å²) in [6.45, 7) is 1.00. The highest BCUT2D eigenvalue weighted by molar-refractivity contribution is 6.32. The van der Waals surface area contributed by atoms with Crippen molar-refractivity contribution < 1.29 is 14.7 Å². The molecule has 2 aromatic carbocycles. The van der Waals surface area contributed by atoms with Crippen molar-refractivity contribution in [1.29, 1.82) is 0 Å². The quantitative estimate of drug-likeness (QED) is 0.727. The second-order valence-electron chi connectivity index (χ2n) is 6.42. The van der Waals surface area contributed by atoms with Crippen molar-refractivity contribution in [2.24, 2.45) is 4.99 Å². The minimum Gasteiger partial charge on any atom is -0.506 e. The summed E-state index contributed by atoms with van der Waals surface area (Å²) in [5.41, 5.74) is 0.563. The Morgan fingerprint density at radius 2 is 2.07 bits per heavy atom. The normalized spacial score (nSPS) is 19.8. The van der Waals surface area contributed by atoms with Crippen molar-refractivity contribution in [2.45, 2.75) is 5.54 Å².